The number of amides is 1. The average molecular weight is 275 g/mol. The molecule has 0 saturated heterocycles. The second-order valence-corrected chi connectivity index (χ2v) is 5.18. The van der Waals surface area contributed by atoms with Crippen molar-refractivity contribution in [3.05, 3.63) is 89.1 Å². The quantitative estimate of drug-likeness (QED) is 0.828. The van der Waals surface area contributed by atoms with Crippen LogP contribution in [0.1, 0.15) is 18.1 Å². The molecular weight excluding hydrogens is 258 g/mol. The van der Waals surface area contributed by atoms with Crippen LogP contribution in [0.2, 0.25) is 0 Å². The number of hydrogen-bond acceptors (Lipinski definition) is 1. The molecule has 0 radical (unpaired) electrons. The monoisotopic (exact) mass is 275 g/mol. The molecule has 0 aliphatic carbocycles. The van der Waals surface area contributed by atoms with Crippen molar-refractivity contribution in [1.29, 1.82) is 0 Å². The molecule has 3 rings (SSSR count). The first kappa shape index (κ1) is 13.4. The minimum Gasteiger partial charge on any atom is -0.304 e. The number of allylic oxidation sites excluding steroid dienone is 1. The molecular formula is C19H17NO. The maximum Gasteiger partial charge on any atom is 0.254 e. The highest BCUT2D eigenvalue weighted by Crippen LogP contribution is 2.25. The Hall–Kier alpha value is -2.61. The van der Waals surface area contributed by atoms with Crippen LogP contribution in [0.25, 0.3) is 6.08 Å². The van der Waals surface area contributed by atoms with E-state index in [2.05, 4.69) is 6.08 Å². The fourth-order valence-electron chi connectivity index (χ4n) is 2.46. The summed E-state index contributed by atoms with van der Waals surface area (Å²) in [5, 5.41) is 0. The number of carbonyl (C=O) groups is 1. The lowest BCUT2D eigenvalue weighted by Crippen LogP contribution is -2.24. The number of carbonyl (C=O) groups excluding carboxylic acids is 1. The summed E-state index contributed by atoms with van der Waals surface area (Å²) in [5.74, 6) is 0.0843. The zero-order valence-electron chi connectivity index (χ0n) is 12.0. The number of nitrogens with zero attached hydrogens (tertiary/aromatic N) is 1. The standard InChI is InChI=1S/C19H17NO/c1-15-12-18(13-16-8-4-2-5-9-16)20(19(15)21)14-17-10-6-3-7-11-17/h2-13H,14H2,1H3/b18-13+. The third-order valence-corrected chi connectivity index (χ3v) is 3.56. The van der Waals surface area contributed by atoms with Gasteiger partial charge < -0.3 is 4.90 Å². The summed E-state index contributed by atoms with van der Waals surface area (Å²) < 4.78 is 0. The van der Waals surface area contributed by atoms with E-state index in [0.29, 0.717) is 6.54 Å². The van der Waals surface area contributed by atoms with Gasteiger partial charge in [0, 0.05) is 11.3 Å². The predicted molar refractivity (Wildman–Crippen MR) is 85.2 cm³/mol. The van der Waals surface area contributed by atoms with Crippen molar-refractivity contribution in [3.63, 3.8) is 0 Å². The average Bonchev–Trinajstić information content (AvgIpc) is 2.77. The van der Waals surface area contributed by atoms with Crippen LogP contribution in [-0.2, 0) is 11.3 Å². The van der Waals surface area contributed by atoms with Gasteiger partial charge in [-0.15, -0.1) is 0 Å². The minimum atomic E-state index is 0.0843. The third kappa shape index (κ3) is 2.95. The highest BCUT2D eigenvalue weighted by atomic mass is 16.2. The molecule has 0 unspecified atom stereocenters. The lowest BCUT2D eigenvalue weighted by molar-refractivity contribution is -0.124. The van der Waals surface area contributed by atoms with Crippen molar-refractivity contribution in [2.24, 2.45) is 0 Å². The van der Waals surface area contributed by atoms with Crippen molar-refractivity contribution in [3.8, 4) is 0 Å². The molecule has 2 heteroatoms. The van der Waals surface area contributed by atoms with Gasteiger partial charge in [0.05, 0.1) is 6.54 Å². The highest BCUT2D eigenvalue weighted by Gasteiger charge is 2.25. The van der Waals surface area contributed by atoms with Gasteiger partial charge in [0.2, 0.25) is 0 Å². The van der Waals surface area contributed by atoms with Gasteiger partial charge in [-0.25, -0.2) is 0 Å². The summed E-state index contributed by atoms with van der Waals surface area (Å²) in [6.45, 7) is 2.47. The molecule has 1 heterocycles. The minimum absolute atomic E-state index is 0.0843. The van der Waals surface area contributed by atoms with Crippen molar-refractivity contribution in [2.45, 2.75) is 13.5 Å². The van der Waals surface area contributed by atoms with E-state index in [-0.39, 0.29) is 5.91 Å². The number of hydrogen-bond donors (Lipinski definition) is 0. The molecule has 0 bridgehead atoms. The van der Waals surface area contributed by atoms with E-state index in [4.69, 9.17) is 0 Å². The molecule has 0 saturated carbocycles. The summed E-state index contributed by atoms with van der Waals surface area (Å²) in [6.07, 6.45) is 4.01. The Bertz CT molecular complexity index is 699. The van der Waals surface area contributed by atoms with Gasteiger partial charge in [0.15, 0.2) is 0 Å². The van der Waals surface area contributed by atoms with Gasteiger partial charge in [-0.1, -0.05) is 60.7 Å². The normalized spacial score (nSPS) is 16.4. The van der Waals surface area contributed by atoms with Crippen LogP contribution in [0.15, 0.2) is 78.0 Å². The van der Waals surface area contributed by atoms with E-state index in [1.165, 1.54) is 0 Å². The fraction of sp³-hybridized carbons (Fsp3) is 0.105. The summed E-state index contributed by atoms with van der Waals surface area (Å²) in [7, 11) is 0. The predicted octanol–water partition coefficient (Wildman–Crippen LogP) is 4.02. The largest absolute Gasteiger partial charge is 0.304 e. The lowest BCUT2D eigenvalue weighted by atomic mass is 10.1. The number of benzene rings is 2. The van der Waals surface area contributed by atoms with E-state index in [1.807, 2.05) is 78.6 Å². The molecule has 0 N–H and O–H groups in total. The zero-order valence-corrected chi connectivity index (χ0v) is 12.0. The van der Waals surface area contributed by atoms with Crippen LogP contribution in [0.5, 0.6) is 0 Å². The fourth-order valence-corrected chi connectivity index (χ4v) is 2.46. The Morgan fingerprint density at radius 1 is 0.952 bits per heavy atom. The van der Waals surface area contributed by atoms with Crippen molar-refractivity contribution < 1.29 is 4.79 Å². The second kappa shape index (κ2) is 5.80. The Kier molecular flexibility index (Phi) is 3.69. The van der Waals surface area contributed by atoms with E-state index in [1.54, 1.807) is 0 Å². The first-order valence-electron chi connectivity index (χ1n) is 7.05. The molecule has 2 aromatic carbocycles. The van der Waals surface area contributed by atoms with Gasteiger partial charge in [-0.2, -0.15) is 0 Å². The van der Waals surface area contributed by atoms with Crippen LogP contribution in [-0.4, -0.2) is 10.8 Å². The summed E-state index contributed by atoms with van der Waals surface area (Å²) in [4.78, 5) is 14.2. The second-order valence-electron chi connectivity index (χ2n) is 5.18. The topological polar surface area (TPSA) is 20.3 Å². The molecule has 1 aliphatic heterocycles. The van der Waals surface area contributed by atoms with Crippen LogP contribution in [0.4, 0.5) is 0 Å². The summed E-state index contributed by atoms with van der Waals surface area (Å²) in [6, 6.07) is 20.1. The maximum atomic E-state index is 12.3. The first-order valence-corrected chi connectivity index (χ1v) is 7.05. The first-order chi connectivity index (χ1) is 10.2. The molecule has 1 amide bonds. The molecule has 0 spiro atoms. The van der Waals surface area contributed by atoms with Crippen molar-refractivity contribution in [2.75, 3.05) is 0 Å². The Balaban J connectivity index is 1.91. The van der Waals surface area contributed by atoms with Gasteiger partial charge in [0.25, 0.3) is 5.91 Å². The SMILES string of the molecule is CC1=C/C(=C\c2ccccc2)N(Cc2ccccc2)C1=O. The Morgan fingerprint density at radius 2 is 1.57 bits per heavy atom. The smallest absolute Gasteiger partial charge is 0.254 e. The number of rotatable bonds is 3. The van der Waals surface area contributed by atoms with Crippen LogP contribution >= 0.6 is 0 Å². The van der Waals surface area contributed by atoms with Crippen molar-refractivity contribution >= 4 is 12.0 Å². The van der Waals surface area contributed by atoms with Gasteiger partial charge >= 0.3 is 0 Å². The zero-order chi connectivity index (χ0) is 14.7. The molecule has 0 fully saturated rings. The van der Waals surface area contributed by atoms with E-state index < -0.39 is 0 Å². The van der Waals surface area contributed by atoms with Crippen LogP contribution in [0, 0.1) is 0 Å². The van der Waals surface area contributed by atoms with Gasteiger partial charge in [-0.05, 0) is 30.2 Å². The molecule has 0 aromatic heterocycles. The van der Waals surface area contributed by atoms with Crippen LogP contribution < -0.4 is 0 Å². The molecule has 1 aliphatic rings. The molecule has 2 nitrogen and oxygen atoms in total. The summed E-state index contributed by atoms with van der Waals surface area (Å²) >= 11 is 0. The Labute approximate surface area is 125 Å². The van der Waals surface area contributed by atoms with Crippen LogP contribution in [0.3, 0.4) is 0 Å². The van der Waals surface area contributed by atoms with Gasteiger partial charge in [-0.3, -0.25) is 4.79 Å². The summed E-state index contributed by atoms with van der Waals surface area (Å²) in [5.41, 5.74) is 3.97. The lowest BCUT2D eigenvalue weighted by Gasteiger charge is -2.19. The molecule has 104 valence electrons. The van der Waals surface area contributed by atoms with E-state index >= 15 is 0 Å². The van der Waals surface area contributed by atoms with E-state index in [0.717, 1.165) is 22.4 Å². The molecule has 21 heavy (non-hydrogen) atoms. The van der Waals surface area contributed by atoms with Gasteiger partial charge in [0.1, 0.15) is 0 Å². The molecule has 0 atom stereocenters. The third-order valence-electron chi connectivity index (χ3n) is 3.56. The highest BCUT2D eigenvalue weighted by molar-refractivity contribution is 5.99. The Morgan fingerprint density at radius 3 is 2.24 bits per heavy atom. The van der Waals surface area contributed by atoms with Crippen molar-refractivity contribution in [1.82, 2.24) is 4.90 Å². The maximum absolute atomic E-state index is 12.3. The molecule has 2 aromatic rings. The van der Waals surface area contributed by atoms with E-state index in [9.17, 15) is 4.79 Å².